The Bertz CT molecular complexity index is 561. The van der Waals surface area contributed by atoms with E-state index in [9.17, 15) is 4.79 Å². The minimum Gasteiger partial charge on any atom is -0.295 e. The molecule has 0 atom stereocenters. The van der Waals surface area contributed by atoms with Gasteiger partial charge in [-0.25, -0.2) is 4.98 Å². The van der Waals surface area contributed by atoms with Crippen LogP contribution in [0.4, 0.5) is 5.13 Å². The zero-order valence-corrected chi connectivity index (χ0v) is 11.9. The van der Waals surface area contributed by atoms with Gasteiger partial charge in [0.15, 0.2) is 0 Å². The van der Waals surface area contributed by atoms with Gasteiger partial charge in [-0.1, -0.05) is 32.1 Å². The quantitative estimate of drug-likeness (QED) is 0.930. The molecule has 100 valence electrons. The Morgan fingerprint density at radius 1 is 1.32 bits per heavy atom. The van der Waals surface area contributed by atoms with E-state index in [0.717, 1.165) is 11.4 Å². The third-order valence-corrected chi connectivity index (χ3v) is 3.00. The highest BCUT2D eigenvalue weighted by Gasteiger charge is 2.16. The SMILES string of the molecule is CC(C)(C)Cc1nnc(NC(=O)c2cnccn2)s1. The first-order valence-electron chi connectivity index (χ1n) is 5.84. The van der Waals surface area contributed by atoms with E-state index < -0.39 is 0 Å². The molecule has 0 aromatic carbocycles. The molecule has 2 heterocycles. The Hall–Kier alpha value is -1.89. The van der Waals surface area contributed by atoms with Gasteiger partial charge in [0.1, 0.15) is 10.7 Å². The molecule has 0 aliphatic heterocycles. The van der Waals surface area contributed by atoms with Crippen LogP contribution >= 0.6 is 11.3 Å². The number of aromatic nitrogens is 4. The molecule has 0 radical (unpaired) electrons. The van der Waals surface area contributed by atoms with E-state index in [4.69, 9.17) is 0 Å². The summed E-state index contributed by atoms with van der Waals surface area (Å²) >= 11 is 1.38. The fourth-order valence-corrected chi connectivity index (χ4v) is 2.44. The lowest BCUT2D eigenvalue weighted by molar-refractivity contribution is 0.102. The molecule has 0 spiro atoms. The lowest BCUT2D eigenvalue weighted by atomic mass is 9.93. The second-order valence-corrected chi connectivity index (χ2v) is 6.35. The van der Waals surface area contributed by atoms with Crippen molar-refractivity contribution in [2.24, 2.45) is 5.41 Å². The van der Waals surface area contributed by atoms with Gasteiger partial charge in [0, 0.05) is 18.8 Å². The van der Waals surface area contributed by atoms with Gasteiger partial charge in [-0.3, -0.25) is 15.1 Å². The minimum absolute atomic E-state index is 0.145. The maximum absolute atomic E-state index is 11.8. The highest BCUT2D eigenvalue weighted by Crippen LogP contribution is 2.24. The normalized spacial score (nSPS) is 11.3. The molecule has 0 fully saturated rings. The first kappa shape index (κ1) is 13.5. The van der Waals surface area contributed by atoms with Gasteiger partial charge in [-0.2, -0.15) is 0 Å². The minimum atomic E-state index is -0.327. The second-order valence-electron chi connectivity index (χ2n) is 5.28. The molecule has 0 bridgehead atoms. The number of nitrogens with zero attached hydrogens (tertiary/aromatic N) is 4. The van der Waals surface area contributed by atoms with Gasteiger partial charge in [0.25, 0.3) is 5.91 Å². The zero-order valence-electron chi connectivity index (χ0n) is 11.0. The van der Waals surface area contributed by atoms with Gasteiger partial charge in [0.05, 0.1) is 6.20 Å². The van der Waals surface area contributed by atoms with Gasteiger partial charge in [0.2, 0.25) is 5.13 Å². The lowest BCUT2D eigenvalue weighted by Gasteiger charge is -2.14. The van der Waals surface area contributed by atoms with Crippen molar-refractivity contribution in [3.63, 3.8) is 0 Å². The summed E-state index contributed by atoms with van der Waals surface area (Å²) in [6.45, 7) is 6.39. The topological polar surface area (TPSA) is 80.7 Å². The monoisotopic (exact) mass is 277 g/mol. The number of hydrogen-bond donors (Lipinski definition) is 1. The van der Waals surface area contributed by atoms with Crippen molar-refractivity contribution >= 4 is 22.4 Å². The van der Waals surface area contributed by atoms with E-state index in [2.05, 4.69) is 46.3 Å². The van der Waals surface area contributed by atoms with Crippen LogP contribution in [0.3, 0.4) is 0 Å². The predicted molar refractivity (Wildman–Crippen MR) is 73.1 cm³/mol. The number of hydrogen-bond acceptors (Lipinski definition) is 6. The number of rotatable bonds is 3. The number of carbonyl (C=O) groups excluding carboxylic acids is 1. The van der Waals surface area contributed by atoms with Crippen molar-refractivity contribution in [1.29, 1.82) is 0 Å². The van der Waals surface area contributed by atoms with Crippen molar-refractivity contribution in [3.8, 4) is 0 Å². The summed E-state index contributed by atoms with van der Waals surface area (Å²) in [6, 6.07) is 0. The first-order chi connectivity index (χ1) is 8.94. The van der Waals surface area contributed by atoms with E-state index in [1.54, 1.807) is 0 Å². The third kappa shape index (κ3) is 4.06. The first-order valence-corrected chi connectivity index (χ1v) is 6.65. The highest BCUT2D eigenvalue weighted by molar-refractivity contribution is 7.15. The molecule has 19 heavy (non-hydrogen) atoms. The average molecular weight is 277 g/mol. The van der Waals surface area contributed by atoms with Crippen LogP contribution in [-0.4, -0.2) is 26.1 Å². The third-order valence-electron chi connectivity index (χ3n) is 2.16. The Labute approximate surface area is 115 Å². The second kappa shape index (κ2) is 5.40. The lowest BCUT2D eigenvalue weighted by Crippen LogP contribution is -2.13. The maximum Gasteiger partial charge on any atom is 0.277 e. The number of carbonyl (C=O) groups is 1. The van der Waals surface area contributed by atoms with Crippen molar-refractivity contribution < 1.29 is 4.79 Å². The summed E-state index contributed by atoms with van der Waals surface area (Å²) < 4.78 is 0. The summed E-state index contributed by atoms with van der Waals surface area (Å²) in [5.41, 5.74) is 0.404. The van der Waals surface area contributed by atoms with E-state index in [0.29, 0.717) is 5.13 Å². The molecule has 0 saturated carbocycles. The number of anilines is 1. The Balaban J connectivity index is 2.03. The van der Waals surface area contributed by atoms with Crippen LogP contribution in [0.1, 0.15) is 36.3 Å². The standard InChI is InChI=1S/C12H15N5OS/c1-12(2,3)6-9-16-17-11(19-9)15-10(18)8-7-13-4-5-14-8/h4-5,7H,6H2,1-3H3,(H,15,17,18). The van der Waals surface area contributed by atoms with Gasteiger partial charge in [-0.05, 0) is 5.41 Å². The van der Waals surface area contributed by atoms with Crippen LogP contribution in [-0.2, 0) is 6.42 Å². The molecule has 7 heteroatoms. The van der Waals surface area contributed by atoms with E-state index in [1.165, 1.54) is 29.9 Å². The van der Waals surface area contributed by atoms with E-state index in [-0.39, 0.29) is 17.0 Å². The molecule has 6 nitrogen and oxygen atoms in total. The van der Waals surface area contributed by atoms with Crippen LogP contribution < -0.4 is 5.32 Å². The zero-order chi connectivity index (χ0) is 13.9. The molecule has 0 aliphatic rings. The largest absolute Gasteiger partial charge is 0.295 e. The maximum atomic E-state index is 11.8. The summed E-state index contributed by atoms with van der Waals surface area (Å²) in [5, 5.41) is 12.1. The van der Waals surface area contributed by atoms with Crippen LogP contribution in [0.15, 0.2) is 18.6 Å². The molecule has 2 rings (SSSR count). The Morgan fingerprint density at radius 3 is 2.74 bits per heavy atom. The van der Waals surface area contributed by atoms with Crippen LogP contribution in [0, 0.1) is 5.41 Å². The Kier molecular flexibility index (Phi) is 3.84. The Morgan fingerprint density at radius 2 is 2.11 bits per heavy atom. The molecule has 1 N–H and O–H groups in total. The summed E-state index contributed by atoms with van der Waals surface area (Å²) in [4.78, 5) is 19.6. The van der Waals surface area contributed by atoms with E-state index >= 15 is 0 Å². The van der Waals surface area contributed by atoms with Gasteiger partial charge >= 0.3 is 0 Å². The molecule has 1 amide bonds. The molecule has 0 saturated heterocycles. The fraction of sp³-hybridized carbons (Fsp3) is 0.417. The van der Waals surface area contributed by atoms with Crippen LogP contribution in [0.2, 0.25) is 0 Å². The number of nitrogens with one attached hydrogen (secondary N) is 1. The predicted octanol–water partition coefficient (Wildman–Crippen LogP) is 2.17. The van der Waals surface area contributed by atoms with Crippen molar-refractivity contribution in [2.45, 2.75) is 27.2 Å². The van der Waals surface area contributed by atoms with Crippen LogP contribution in [0.25, 0.3) is 0 Å². The fourth-order valence-electron chi connectivity index (χ4n) is 1.41. The molecule has 2 aromatic rings. The van der Waals surface area contributed by atoms with Crippen molar-refractivity contribution in [1.82, 2.24) is 20.2 Å². The molecule has 0 unspecified atom stereocenters. The number of amides is 1. The van der Waals surface area contributed by atoms with Gasteiger partial charge < -0.3 is 0 Å². The summed E-state index contributed by atoms with van der Waals surface area (Å²) in [5.74, 6) is -0.327. The highest BCUT2D eigenvalue weighted by atomic mass is 32.1. The van der Waals surface area contributed by atoms with Crippen LogP contribution in [0.5, 0.6) is 0 Å². The summed E-state index contributed by atoms with van der Waals surface area (Å²) in [6.07, 6.45) is 5.22. The molecular weight excluding hydrogens is 262 g/mol. The molecule has 0 aliphatic carbocycles. The summed E-state index contributed by atoms with van der Waals surface area (Å²) in [7, 11) is 0. The van der Waals surface area contributed by atoms with Gasteiger partial charge in [-0.15, -0.1) is 10.2 Å². The van der Waals surface area contributed by atoms with Crippen molar-refractivity contribution in [3.05, 3.63) is 29.3 Å². The molecule has 2 aromatic heterocycles. The van der Waals surface area contributed by atoms with E-state index in [1.807, 2.05) is 0 Å². The molecular formula is C12H15N5OS. The smallest absolute Gasteiger partial charge is 0.277 e. The van der Waals surface area contributed by atoms with Crippen molar-refractivity contribution in [2.75, 3.05) is 5.32 Å². The average Bonchev–Trinajstić information content (AvgIpc) is 2.75.